The van der Waals surface area contributed by atoms with Gasteiger partial charge >= 0.3 is 5.97 Å². The minimum absolute atomic E-state index is 0.255. The molecule has 0 amide bonds. The van der Waals surface area contributed by atoms with Crippen molar-refractivity contribution in [1.82, 2.24) is 0 Å². The smallest absolute Gasteiger partial charge is 0.356 e. The van der Waals surface area contributed by atoms with Crippen molar-refractivity contribution < 1.29 is 9.53 Å². The van der Waals surface area contributed by atoms with Crippen molar-refractivity contribution in [2.45, 2.75) is 6.92 Å². The molecule has 0 spiro atoms. The third-order valence-electron chi connectivity index (χ3n) is 0.949. The Balaban J connectivity index is 4.46. The van der Waals surface area contributed by atoms with Crippen LogP contribution in [0.3, 0.4) is 0 Å². The molecule has 0 atom stereocenters. The predicted molar refractivity (Wildman–Crippen MR) is 44.5 cm³/mol. The molecule has 3 heteroatoms. The summed E-state index contributed by atoms with van der Waals surface area (Å²) in [6.45, 7) is 5.16. The summed E-state index contributed by atoms with van der Waals surface area (Å²) in [5.41, 5.74) is 0.255. The number of carbonyl (C=O) groups excluding carboxylic acids is 1. The molecule has 0 heterocycles. The lowest BCUT2D eigenvalue weighted by Crippen LogP contribution is -2.12. The van der Waals surface area contributed by atoms with E-state index in [0.29, 0.717) is 0 Å². The van der Waals surface area contributed by atoms with E-state index < -0.39 is 5.97 Å². The topological polar surface area (TPSA) is 38.7 Å². The van der Waals surface area contributed by atoms with E-state index in [-0.39, 0.29) is 5.71 Å². The van der Waals surface area contributed by atoms with Crippen LogP contribution in [0.5, 0.6) is 0 Å². The Morgan fingerprint density at radius 1 is 1.64 bits per heavy atom. The predicted octanol–water partition coefficient (Wildman–Crippen LogP) is 1.32. The Labute approximate surface area is 66.1 Å². The summed E-state index contributed by atoms with van der Waals surface area (Å²) in [7, 11) is 1.31. The highest BCUT2D eigenvalue weighted by molar-refractivity contribution is 6.41. The van der Waals surface area contributed by atoms with Crippen molar-refractivity contribution in [3.63, 3.8) is 0 Å². The van der Waals surface area contributed by atoms with Gasteiger partial charge < -0.3 is 4.74 Å². The molecule has 60 valence electrons. The van der Waals surface area contributed by atoms with Gasteiger partial charge in [0.25, 0.3) is 0 Å². The van der Waals surface area contributed by atoms with Crippen LogP contribution in [-0.2, 0) is 9.53 Å². The maximum atomic E-state index is 10.8. The first-order chi connectivity index (χ1) is 5.26. The van der Waals surface area contributed by atoms with Crippen molar-refractivity contribution in [2.75, 3.05) is 7.11 Å². The van der Waals surface area contributed by atoms with Crippen LogP contribution in [0.2, 0.25) is 0 Å². The third kappa shape index (κ3) is 3.35. The number of ether oxygens (including phenoxy) is 1. The summed E-state index contributed by atoms with van der Waals surface area (Å²) in [5.74, 6) is -0.456. The van der Waals surface area contributed by atoms with E-state index in [0.717, 1.165) is 0 Å². The van der Waals surface area contributed by atoms with Crippen LogP contribution in [0, 0.1) is 0 Å². The van der Waals surface area contributed by atoms with E-state index in [4.69, 9.17) is 0 Å². The number of hydrogen-bond acceptors (Lipinski definition) is 3. The Morgan fingerprint density at radius 3 is 2.64 bits per heavy atom. The Bertz CT molecular complexity index is 204. The summed E-state index contributed by atoms with van der Waals surface area (Å²) in [6, 6.07) is 0. The molecule has 0 rings (SSSR count). The molecule has 0 aliphatic heterocycles. The lowest BCUT2D eigenvalue weighted by molar-refractivity contribution is -0.132. The minimum Gasteiger partial charge on any atom is -0.464 e. The maximum Gasteiger partial charge on any atom is 0.356 e. The number of esters is 1. The summed E-state index contributed by atoms with van der Waals surface area (Å²) in [6.07, 6.45) is 4.57. The molecular formula is C8H11NO2. The van der Waals surface area contributed by atoms with Gasteiger partial charge in [0.1, 0.15) is 5.71 Å². The second-order valence-electron chi connectivity index (χ2n) is 1.69. The van der Waals surface area contributed by atoms with Crippen LogP contribution in [-0.4, -0.2) is 18.8 Å². The summed E-state index contributed by atoms with van der Waals surface area (Å²) < 4.78 is 4.45. The molecule has 0 radical (unpaired) electrons. The molecule has 0 aromatic heterocycles. The molecule has 11 heavy (non-hydrogen) atoms. The molecule has 0 N–H and O–H groups in total. The summed E-state index contributed by atoms with van der Waals surface area (Å²) >= 11 is 0. The van der Waals surface area contributed by atoms with Crippen molar-refractivity contribution in [3.8, 4) is 0 Å². The largest absolute Gasteiger partial charge is 0.464 e. The van der Waals surface area contributed by atoms with Crippen LogP contribution in [0.4, 0.5) is 0 Å². The zero-order chi connectivity index (χ0) is 8.69. The van der Waals surface area contributed by atoms with Gasteiger partial charge in [-0.15, -0.1) is 0 Å². The van der Waals surface area contributed by atoms with Crippen LogP contribution in [0.1, 0.15) is 6.92 Å². The average Bonchev–Trinajstić information content (AvgIpc) is 2.03. The van der Waals surface area contributed by atoms with E-state index in [2.05, 4.69) is 16.3 Å². The SMILES string of the molecule is C=CN=C(/C=C\C)C(=O)OC. The van der Waals surface area contributed by atoms with Gasteiger partial charge in [-0.1, -0.05) is 12.7 Å². The third-order valence-corrected chi connectivity index (χ3v) is 0.949. The highest BCUT2D eigenvalue weighted by Crippen LogP contribution is 1.87. The number of methoxy groups -OCH3 is 1. The molecule has 0 aliphatic carbocycles. The minimum atomic E-state index is -0.456. The first-order valence-electron chi connectivity index (χ1n) is 3.16. The zero-order valence-corrected chi connectivity index (χ0v) is 6.70. The van der Waals surface area contributed by atoms with E-state index in [9.17, 15) is 4.79 Å². The van der Waals surface area contributed by atoms with Crippen LogP contribution >= 0.6 is 0 Å². The van der Waals surface area contributed by atoms with E-state index in [1.54, 1.807) is 19.1 Å². The second-order valence-corrected chi connectivity index (χ2v) is 1.69. The molecule has 0 aromatic carbocycles. The van der Waals surface area contributed by atoms with Crippen molar-refractivity contribution in [3.05, 3.63) is 24.9 Å². The van der Waals surface area contributed by atoms with Gasteiger partial charge in [-0.05, 0) is 13.0 Å². The number of carbonyl (C=O) groups is 1. The van der Waals surface area contributed by atoms with Crippen molar-refractivity contribution >= 4 is 11.7 Å². The molecule has 0 saturated heterocycles. The second kappa shape index (κ2) is 5.41. The average molecular weight is 153 g/mol. The quantitative estimate of drug-likeness (QED) is 0.453. The first kappa shape index (κ1) is 9.62. The van der Waals surface area contributed by atoms with E-state index >= 15 is 0 Å². The van der Waals surface area contributed by atoms with Gasteiger partial charge in [0.05, 0.1) is 7.11 Å². The Morgan fingerprint density at radius 2 is 2.27 bits per heavy atom. The van der Waals surface area contributed by atoms with E-state index in [1.165, 1.54) is 13.3 Å². The van der Waals surface area contributed by atoms with E-state index in [1.807, 2.05) is 0 Å². The number of nitrogens with zero attached hydrogens (tertiary/aromatic N) is 1. The molecule has 3 nitrogen and oxygen atoms in total. The van der Waals surface area contributed by atoms with Crippen LogP contribution < -0.4 is 0 Å². The fourth-order valence-corrected chi connectivity index (χ4v) is 0.525. The molecule has 0 fully saturated rings. The summed E-state index contributed by atoms with van der Waals surface area (Å²) in [4.78, 5) is 14.5. The highest BCUT2D eigenvalue weighted by atomic mass is 16.5. The normalized spacial score (nSPS) is 11.6. The van der Waals surface area contributed by atoms with Crippen molar-refractivity contribution in [2.24, 2.45) is 4.99 Å². The van der Waals surface area contributed by atoms with Gasteiger partial charge in [-0.2, -0.15) is 0 Å². The van der Waals surface area contributed by atoms with Crippen LogP contribution in [0.15, 0.2) is 29.9 Å². The highest BCUT2D eigenvalue weighted by Gasteiger charge is 2.04. The molecule has 0 bridgehead atoms. The van der Waals surface area contributed by atoms with Crippen molar-refractivity contribution in [1.29, 1.82) is 0 Å². The van der Waals surface area contributed by atoms with Gasteiger partial charge in [-0.25, -0.2) is 9.79 Å². The molecule has 0 aliphatic rings. The van der Waals surface area contributed by atoms with Gasteiger partial charge in [0.15, 0.2) is 0 Å². The van der Waals surface area contributed by atoms with Crippen LogP contribution in [0.25, 0.3) is 0 Å². The lowest BCUT2D eigenvalue weighted by atomic mass is 10.3. The summed E-state index contributed by atoms with van der Waals surface area (Å²) in [5, 5.41) is 0. The number of allylic oxidation sites excluding steroid dienone is 1. The van der Waals surface area contributed by atoms with Gasteiger partial charge in [-0.3, -0.25) is 0 Å². The first-order valence-corrected chi connectivity index (χ1v) is 3.16. The number of hydrogen-bond donors (Lipinski definition) is 0. The lowest BCUT2D eigenvalue weighted by Gasteiger charge is -1.95. The monoisotopic (exact) mass is 153 g/mol. The standard InChI is InChI=1S/C8H11NO2/c1-4-6-7(9-5-2)8(10)11-3/h4-6H,2H2,1,3H3/b6-4-,9-7?. The number of aliphatic imine (C=N–C) groups is 1. The fraction of sp³-hybridized carbons (Fsp3) is 0.250. The molecule has 0 unspecified atom stereocenters. The van der Waals surface area contributed by atoms with Gasteiger partial charge in [0.2, 0.25) is 0 Å². The molecule has 0 aromatic rings. The maximum absolute atomic E-state index is 10.8. The Hall–Kier alpha value is -1.38. The van der Waals surface area contributed by atoms with Gasteiger partial charge in [0, 0.05) is 6.20 Å². The Kier molecular flexibility index (Phi) is 4.73. The zero-order valence-electron chi connectivity index (χ0n) is 6.70. The fourth-order valence-electron chi connectivity index (χ4n) is 0.525. The number of rotatable bonds is 3. The molecule has 0 saturated carbocycles. The molecular weight excluding hydrogens is 142 g/mol.